The van der Waals surface area contributed by atoms with E-state index < -0.39 is 17.8 Å². The van der Waals surface area contributed by atoms with E-state index >= 15 is 0 Å². The molecule has 0 bridgehead atoms. The molecule has 2 aromatic carbocycles. The number of urea groups is 1. The fourth-order valence-electron chi connectivity index (χ4n) is 3.51. The summed E-state index contributed by atoms with van der Waals surface area (Å²) in [5.41, 5.74) is 1.51. The number of nitrogens with zero attached hydrogens (tertiary/aromatic N) is 2. The van der Waals surface area contributed by atoms with Crippen LogP contribution < -0.4 is 5.32 Å². The van der Waals surface area contributed by atoms with Crippen LogP contribution in [0.4, 0.5) is 23.7 Å². The third kappa shape index (κ3) is 7.58. The highest BCUT2D eigenvalue weighted by Gasteiger charge is 2.30. The minimum Gasteiger partial charge on any atom is -0.332 e. The predicted octanol–water partition coefficient (Wildman–Crippen LogP) is 6.55. The van der Waals surface area contributed by atoms with Gasteiger partial charge in [0, 0.05) is 23.7 Å². The lowest BCUT2D eigenvalue weighted by Gasteiger charge is -2.28. The molecule has 0 saturated heterocycles. The van der Waals surface area contributed by atoms with Gasteiger partial charge in [-0.2, -0.15) is 13.2 Å². The summed E-state index contributed by atoms with van der Waals surface area (Å²) in [4.78, 5) is 30.4. The van der Waals surface area contributed by atoms with Crippen molar-refractivity contribution >= 4 is 29.0 Å². The standard InChI is InChI=1S/C26H28F3N3O2S/c1-3-14-31(25(34)30-22-11-9-21(10-12-22)26(27,28)29)18-24(33)32(16-20-7-5-4-6-8-20)17-23-19(2)13-15-35-23/h4-13,15H,3,14,16-18H2,1-2H3,(H,30,34). The zero-order chi connectivity index (χ0) is 25.4. The predicted molar refractivity (Wildman–Crippen MR) is 132 cm³/mol. The van der Waals surface area contributed by atoms with Crippen LogP contribution in [0.5, 0.6) is 0 Å². The first kappa shape index (κ1) is 26.3. The summed E-state index contributed by atoms with van der Waals surface area (Å²) < 4.78 is 38.4. The number of hydrogen-bond acceptors (Lipinski definition) is 3. The van der Waals surface area contributed by atoms with Crippen LogP contribution in [-0.4, -0.2) is 34.8 Å². The molecule has 9 heteroatoms. The van der Waals surface area contributed by atoms with Gasteiger partial charge in [0.2, 0.25) is 5.91 Å². The van der Waals surface area contributed by atoms with Crippen LogP contribution in [0.1, 0.15) is 34.9 Å². The second kappa shape index (κ2) is 11.9. The minimum atomic E-state index is -4.45. The van der Waals surface area contributed by atoms with Gasteiger partial charge in [-0.3, -0.25) is 4.79 Å². The number of aryl methyl sites for hydroxylation is 1. The summed E-state index contributed by atoms with van der Waals surface area (Å²) in [7, 11) is 0. The molecule has 0 spiro atoms. The van der Waals surface area contributed by atoms with Crippen LogP contribution in [-0.2, 0) is 24.1 Å². The first-order valence-electron chi connectivity index (χ1n) is 11.2. The van der Waals surface area contributed by atoms with Crippen molar-refractivity contribution in [3.05, 3.63) is 87.6 Å². The maximum Gasteiger partial charge on any atom is 0.416 e. The van der Waals surface area contributed by atoms with Gasteiger partial charge in [-0.05, 0) is 60.2 Å². The molecule has 3 rings (SSSR count). The Bertz CT molecular complexity index is 1110. The summed E-state index contributed by atoms with van der Waals surface area (Å²) in [5.74, 6) is -0.210. The first-order valence-corrected chi connectivity index (χ1v) is 12.1. The fourth-order valence-corrected chi connectivity index (χ4v) is 4.43. The number of carbonyl (C=O) groups excluding carboxylic acids is 2. The quantitative estimate of drug-likeness (QED) is 0.360. The Labute approximate surface area is 207 Å². The molecule has 0 aliphatic carbocycles. The fraction of sp³-hybridized carbons (Fsp3) is 0.308. The molecule has 0 atom stereocenters. The van der Waals surface area contributed by atoms with Crippen molar-refractivity contribution in [2.75, 3.05) is 18.4 Å². The van der Waals surface area contributed by atoms with Crippen LogP contribution in [0.15, 0.2) is 66.0 Å². The number of alkyl halides is 3. The molecule has 0 radical (unpaired) electrons. The van der Waals surface area contributed by atoms with Crippen molar-refractivity contribution in [1.29, 1.82) is 0 Å². The molecule has 186 valence electrons. The number of carbonyl (C=O) groups is 2. The smallest absolute Gasteiger partial charge is 0.332 e. The zero-order valence-electron chi connectivity index (χ0n) is 19.6. The number of halogens is 3. The van der Waals surface area contributed by atoms with E-state index in [0.717, 1.165) is 28.1 Å². The van der Waals surface area contributed by atoms with Gasteiger partial charge < -0.3 is 15.1 Å². The van der Waals surface area contributed by atoms with Gasteiger partial charge in [0.25, 0.3) is 0 Å². The molecule has 5 nitrogen and oxygen atoms in total. The normalized spacial score (nSPS) is 11.2. The molecule has 3 amide bonds. The Morgan fingerprint density at radius 2 is 1.63 bits per heavy atom. The third-order valence-corrected chi connectivity index (χ3v) is 6.45. The van der Waals surface area contributed by atoms with Gasteiger partial charge in [0.15, 0.2) is 0 Å². The number of rotatable bonds is 9. The van der Waals surface area contributed by atoms with E-state index in [1.165, 1.54) is 17.0 Å². The summed E-state index contributed by atoms with van der Waals surface area (Å²) in [6, 6.07) is 15.3. The summed E-state index contributed by atoms with van der Waals surface area (Å²) in [5, 5.41) is 4.59. The maximum atomic E-state index is 13.4. The zero-order valence-corrected chi connectivity index (χ0v) is 20.5. The summed E-state index contributed by atoms with van der Waals surface area (Å²) >= 11 is 1.58. The lowest BCUT2D eigenvalue weighted by atomic mass is 10.2. The number of amides is 3. The first-order chi connectivity index (χ1) is 16.7. The van der Waals surface area contributed by atoms with Crippen molar-refractivity contribution in [2.24, 2.45) is 0 Å². The van der Waals surface area contributed by atoms with E-state index in [-0.39, 0.29) is 18.1 Å². The molecule has 1 aromatic heterocycles. The van der Waals surface area contributed by atoms with Gasteiger partial charge in [0.05, 0.1) is 12.1 Å². The van der Waals surface area contributed by atoms with E-state index in [0.29, 0.717) is 26.1 Å². The summed E-state index contributed by atoms with van der Waals surface area (Å²) in [6.07, 6.45) is -3.83. The Morgan fingerprint density at radius 1 is 0.943 bits per heavy atom. The molecule has 0 aliphatic rings. The highest BCUT2D eigenvalue weighted by atomic mass is 32.1. The number of thiophene rings is 1. The van der Waals surface area contributed by atoms with Gasteiger partial charge in [-0.25, -0.2) is 4.79 Å². The Balaban J connectivity index is 1.73. The van der Waals surface area contributed by atoms with Crippen LogP contribution in [0, 0.1) is 6.92 Å². The molecule has 3 aromatic rings. The molecule has 0 aliphatic heterocycles. The van der Waals surface area contributed by atoms with Crippen LogP contribution in [0.25, 0.3) is 0 Å². The van der Waals surface area contributed by atoms with Crippen molar-refractivity contribution in [3.8, 4) is 0 Å². The van der Waals surface area contributed by atoms with E-state index in [1.54, 1.807) is 16.2 Å². The van der Waals surface area contributed by atoms with Crippen LogP contribution in [0.2, 0.25) is 0 Å². The van der Waals surface area contributed by atoms with Crippen molar-refractivity contribution in [2.45, 2.75) is 39.5 Å². The Morgan fingerprint density at radius 3 is 2.20 bits per heavy atom. The van der Waals surface area contributed by atoms with Crippen molar-refractivity contribution in [1.82, 2.24) is 9.80 Å². The SMILES string of the molecule is CCCN(CC(=O)N(Cc1ccccc1)Cc1sccc1C)C(=O)Nc1ccc(C(F)(F)F)cc1. The molecule has 0 unspecified atom stereocenters. The number of benzene rings is 2. The van der Waals surface area contributed by atoms with Gasteiger partial charge in [0.1, 0.15) is 6.54 Å². The highest BCUT2D eigenvalue weighted by Crippen LogP contribution is 2.30. The van der Waals surface area contributed by atoms with Crippen molar-refractivity contribution < 1.29 is 22.8 Å². The lowest BCUT2D eigenvalue weighted by molar-refractivity contribution is -0.137. The van der Waals surface area contributed by atoms with Crippen LogP contribution >= 0.6 is 11.3 Å². The second-order valence-electron chi connectivity index (χ2n) is 8.19. The second-order valence-corrected chi connectivity index (χ2v) is 9.19. The Hall–Kier alpha value is -3.33. The summed E-state index contributed by atoms with van der Waals surface area (Å²) in [6.45, 7) is 4.90. The molecular weight excluding hydrogens is 475 g/mol. The average molecular weight is 504 g/mol. The average Bonchev–Trinajstić information content (AvgIpc) is 3.23. The highest BCUT2D eigenvalue weighted by molar-refractivity contribution is 7.10. The third-order valence-electron chi connectivity index (χ3n) is 5.44. The number of hydrogen-bond donors (Lipinski definition) is 1. The maximum absolute atomic E-state index is 13.4. The Kier molecular flexibility index (Phi) is 8.92. The lowest BCUT2D eigenvalue weighted by Crippen LogP contribution is -2.44. The van der Waals surface area contributed by atoms with Crippen molar-refractivity contribution in [3.63, 3.8) is 0 Å². The van der Waals surface area contributed by atoms with Gasteiger partial charge in [-0.15, -0.1) is 11.3 Å². The molecule has 35 heavy (non-hydrogen) atoms. The topological polar surface area (TPSA) is 52.7 Å². The minimum absolute atomic E-state index is 0.141. The number of nitrogens with one attached hydrogen (secondary N) is 1. The van der Waals surface area contributed by atoms with Gasteiger partial charge >= 0.3 is 12.2 Å². The molecule has 1 N–H and O–H groups in total. The molecule has 1 heterocycles. The monoisotopic (exact) mass is 503 g/mol. The van der Waals surface area contributed by atoms with E-state index in [4.69, 9.17) is 0 Å². The van der Waals surface area contributed by atoms with Crippen LogP contribution in [0.3, 0.4) is 0 Å². The van der Waals surface area contributed by atoms with E-state index in [1.807, 2.05) is 55.6 Å². The van der Waals surface area contributed by atoms with E-state index in [9.17, 15) is 22.8 Å². The number of anilines is 1. The van der Waals surface area contributed by atoms with Gasteiger partial charge in [-0.1, -0.05) is 37.3 Å². The van der Waals surface area contributed by atoms with E-state index in [2.05, 4.69) is 5.32 Å². The molecule has 0 saturated carbocycles. The largest absolute Gasteiger partial charge is 0.416 e. The molecular formula is C26H28F3N3O2S. The molecule has 0 fully saturated rings.